The predicted molar refractivity (Wildman–Crippen MR) is 209 cm³/mol. The number of Topliss-reactive ketones (excluding diaryl/α,β-unsaturated/α-hetero) is 1. The van der Waals surface area contributed by atoms with Crippen molar-refractivity contribution in [1.82, 2.24) is 10.6 Å². The smallest absolute Gasteiger partial charge is 0.342 e. The number of carbonyl (C=O) groups is 6. The molecule has 3 aromatic carbocycles. The van der Waals surface area contributed by atoms with E-state index >= 15 is 0 Å². The number of esters is 2. The zero-order valence-electron chi connectivity index (χ0n) is 32.7. The number of aliphatic hydroxyl groups is 4. The monoisotopic (exact) mass is 807 g/mol. The van der Waals surface area contributed by atoms with Gasteiger partial charge in [0.15, 0.2) is 11.9 Å². The Labute approximate surface area is 335 Å². The number of ether oxygens (including phenoxy) is 2. The lowest BCUT2D eigenvalue weighted by Gasteiger charge is -2.36. The van der Waals surface area contributed by atoms with E-state index in [4.69, 9.17) is 26.7 Å². The standard InChI is InChI=1S/C41H53N5O12/c1-5-41(39(56)58-40(2,3)4,46-36(53)26(42)21-28(43)48)38(55)45-27(22-47)31(49)33(51)34(52)32(50)29(23-15-9-6-10-16-23)30(44)37(54)57-35(24-17-11-7-12-18-24)25-19-13-8-14-20-25/h6-20,26-27,29-31,33-35,47,49,51-52H,5,21-22,42,44H2,1-4H3,(H2,43,48)(H,45,55)(H,46,53)/t26-,27-,29?,30-,31+,33+,34+,41-/m0/s1. The number of nitrogens with one attached hydrogen (secondary N) is 2. The van der Waals surface area contributed by atoms with E-state index in [0.29, 0.717) is 11.1 Å². The fraction of sp³-hybridized carbons (Fsp3) is 0.415. The van der Waals surface area contributed by atoms with Crippen LogP contribution in [0.1, 0.15) is 69.2 Å². The van der Waals surface area contributed by atoms with Crippen molar-refractivity contribution in [2.75, 3.05) is 6.61 Å². The molecule has 3 amide bonds. The number of ketones is 1. The lowest BCUT2D eigenvalue weighted by molar-refractivity contribution is -0.169. The molecule has 0 bridgehead atoms. The quantitative estimate of drug-likeness (QED) is 0.0508. The molecule has 0 saturated carbocycles. The zero-order chi connectivity index (χ0) is 43.4. The molecule has 0 aliphatic carbocycles. The number of nitrogens with two attached hydrogens (primary N) is 3. The molecule has 17 heteroatoms. The summed E-state index contributed by atoms with van der Waals surface area (Å²) in [5.74, 6) is -8.66. The predicted octanol–water partition coefficient (Wildman–Crippen LogP) is -0.631. The van der Waals surface area contributed by atoms with E-state index in [-0.39, 0.29) is 5.56 Å². The van der Waals surface area contributed by atoms with Crippen LogP contribution in [0.15, 0.2) is 91.0 Å². The van der Waals surface area contributed by atoms with Gasteiger partial charge in [-0.05, 0) is 43.9 Å². The van der Waals surface area contributed by atoms with Crippen molar-refractivity contribution in [2.24, 2.45) is 17.2 Å². The molecule has 3 aromatic rings. The fourth-order valence-corrected chi connectivity index (χ4v) is 6.00. The van der Waals surface area contributed by atoms with Crippen LogP contribution in [0.4, 0.5) is 0 Å². The topological polar surface area (TPSA) is 304 Å². The average molecular weight is 808 g/mol. The molecule has 17 nitrogen and oxygen atoms in total. The molecule has 58 heavy (non-hydrogen) atoms. The first-order chi connectivity index (χ1) is 27.3. The molecule has 0 fully saturated rings. The first-order valence-electron chi connectivity index (χ1n) is 18.5. The number of hydrogen-bond donors (Lipinski definition) is 9. The summed E-state index contributed by atoms with van der Waals surface area (Å²) in [6, 6.07) is 19.9. The second-order valence-electron chi connectivity index (χ2n) is 14.7. The Morgan fingerprint density at radius 1 is 0.759 bits per heavy atom. The molecule has 0 heterocycles. The second-order valence-corrected chi connectivity index (χ2v) is 14.7. The largest absolute Gasteiger partial charge is 0.458 e. The molecule has 0 aliphatic heterocycles. The highest BCUT2D eigenvalue weighted by Gasteiger charge is 2.51. The Morgan fingerprint density at radius 2 is 1.24 bits per heavy atom. The van der Waals surface area contributed by atoms with Crippen LogP contribution < -0.4 is 27.8 Å². The Hall–Kier alpha value is -5.56. The van der Waals surface area contributed by atoms with Crippen LogP contribution in [0.2, 0.25) is 0 Å². The summed E-state index contributed by atoms with van der Waals surface area (Å²) in [6.07, 6.45) is -9.34. The van der Waals surface area contributed by atoms with E-state index in [9.17, 15) is 49.2 Å². The van der Waals surface area contributed by atoms with Crippen LogP contribution in [-0.2, 0) is 38.2 Å². The van der Waals surface area contributed by atoms with E-state index in [0.717, 1.165) is 0 Å². The van der Waals surface area contributed by atoms with Crippen molar-refractivity contribution < 1.29 is 58.7 Å². The van der Waals surface area contributed by atoms with Crippen LogP contribution >= 0.6 is 0 Å². The third-order valence-corrected chi connectivity index (χ3v) is 9.19. The van der Waals surface area contributed by atoms with Gasteiger partial charge in [0.05, 0.1) is 31.0 Å². The molecule has 0 spiro atoms. The van der Waals surface area contributed by atoms with E-state index in [2.05, 4.69) is 10.6 Å². The number of amides is 3. The Balaban J connectivity index is 1.92. The zero-order valence-corrected chi connectivity index (χ0v) is 32.7. The summed E-state index contributed by atoms with van der Waals surface area (Å²) < 4.78 is 11.3. The van der Waals surface area contributed by atoms with Crippen LogP contribution in [0.25, 0.3) is 0 Å². The van der Waals surface area contributed by atoms with Crippen molar-refractivity contribution >= 4 is 35.4 Å². The average Bonchev–Trinajstić information content (AvgIpc) is 3.19. The summed E-state index contributed by atoms with van der Waals surface area (Å²) in [7, 11) is 0. The molecule has 12 N–H and O–H groups in total. The highest BCUT2D eigenvalue weighted by atomic mass is 16.6. The summed E-state index contributed by atoms with van der Waals surface area (Å²) in [5.41, 5.74) is 14.9. The number of benzene rings is 3. The SMILES string of the molecule is CC[C@](NC(=O)[C@@H](N)CC(N)=O)(C(=O)N[C@@H](CO)[C@@H](O)[C@@H](O)[C@H](O)C(=O)C(c1ccccc1)[C@H](N)C(=O)OC(c1ccccc1)c1ccccc1)C(=O)OC(C)(C)C. The molecule has 0 aromatic heterocycles. The maximum absolute atomic E-state index is 14.1. The van der Waals surface area contributed by atoms with Gasteiger partial charge in [0.1, 0.15) is 30.0 Å². The van der Waals surface area contributed by atoms with Gasteiger partial charge in [-0.15, -0.1) is 0 Å². The van der Waals surface area contributed by atoms with Crippen molar-refractivity contribution in [2.45, 2.75) is 100 Å². The fourth-order valence-electron chi connectivity index (χ4n) is 6.00. The van der Waals surface area contributed by atoms with Crippen molar-refractivity contribution in [3.63, 3.8) is 0 Å². The van der Waals surface area contributed by atoms with Gasteiger partial charge >= 0.3 is 11.9 Å². The Morgan fingerprint density at radius 3 is 1.67 bits per heavy atom. The molecular formula is C41H53N5O12. The van der Waals surface area contributed by atoms with Crippen molar-refractivity contribution in [3.05, 3.63) is 108 Å². The molecule has 8 atom stereocenters. The number of aliphatic hydroxyl groups excluding tert-OH is 4. The maximum atomic E-state index is 14.1. The molecule has 0 radical (unpaired) electrons. The maximum Gasteiger partial charge on any atom is 0.342 e. The van der Waals surface area contributed by atoms with Gasteiger partial charge in [0, 0.05) is 0 Å². The molecular weight excluding hydrogens is 754 g/mol. The lowest BCUT2D eigenvalue weighted by Crippen LogP contribution is -2.69. The van der Waals surface area contributed by atoms with E-state index in [1.807, 2.05) is 0 Å². The molecule has 0 saturated heterocycles. The third kappa shape index (κ3) is 12.0. The van der Waals surface area contributed by atoms with Crippen LogP contribution in [0, 0.1) is 0 Å². The van der Waals surface area contributed by atoms with Crippen molar-refractivity contribution in [1.29, 1.82) is 0 Å². The van der Waals surface area contributed by atoms with Crippen LogP contribution in [0.5, 0.6) is 0 Å². The van der Waals surface area contributed by atoms with Gasteiger partial charge < -0.3 is 57.7 Å². The van der Waals surface area contributed by atoms with Gasteiger partial charge in [0.25, 0.3) is 5.91 Å². The number of hydrogen-bond acceptors (Lipinski definition) is 14. The highest BCUT2D eigenvalue weighted by molar-refractivity contribution is 6.11. The summed E-state index contributed by atoms with van der Waals surface area (Å²) >= 11 is 0. The molecule has 314 valence electrons. The Bertz CT molecular complexity index is 1820. The van der Waals surface area contributed by atoms with Gasteiger partial charge in [-0.1, -0.05) is 97.9 Å². The minimum absolute atomic E-state index is 0.149. The minimum Gasteiger partial charge on any atom is -0.458 e. The first-order valence-corrected chi connectivity index (χ1v) is 18.5. The number of primary amides is 1. The molecule has 0 aliphatic rings. The van der Waals surface area contributed by atoms with Crippen LogP contribution in [-0.4, -0.2) is 110 Å². The second kappa shape index (κ2) is 20.7. The lowest BCUT2D eigenvalue weighted by atomic mass is 9.83. The highest BCUT2D eigenvalue weighted by Crippen LogP contribution is 2.30. The van der Waals surface area contributed by atoms with Crippen molar-refractivity contribution in [3.8, 4) is 0 Å². The molecule has 3 rings (SSSR count). The minimum atomic E-state index is -2.57. The van der Waals surface area contributed by atoms with E-state index in [1.165, 1.54) is 39.8 Å². The van der Waals surface area contributed by atoms with E-state index in [1.54, 1.807) is 78.9 Å². The normalized spacial score (nSPS) is 16.3. The van der Waals surface area contributed by atoms with Crippen LogP contribution in [0.3, 0.4) is 0 Å². The first kappa shape index (κ1) is 46.8. The van der Waals surface area contributed by atoms with E-state index < -0.39 is 114 Å². The summed E-state index contributed by atoms with van der Waals surface area (Å²) in [5, 5.41) is 48.3. The van der Waals surface area contributed by atoms with Gasteiger partial charge in [-0.25, -0.2) is 4.79 Å². The number of carbonyl (C=O) groups excluding carboxylic acids is 6. The van der Waals surface area contributed by atoms with Gasteiger partial charge in [-0.3, -0.25) is 24.0 Å². The summed E-state index contributed by atoms with van der Waals surface area (Å²) in [6.45, 7) is 4.64. The molecule has 1 unspecified atom stereocenters. The van der Waals surface area contributed by atoms with Gasteiger partial charge in [0.2, 0.25) is 17.4 Å². The van der Waals surface area contributed by atoms with Gasteiger partial charge in [-0.2, -0.15) is 0 Å². The Kier molecular flexibility index (Phi) is 16.7. The summed E-state index contributed by atoms with van der Waals surface area (Å²) in [4.78, 5) is 79.7. The number of rotatable bonds is 20. The third-order valence-electron chi connectivity index (χ3n) is 9.19.